The summed E-state index contributed by atoms with van der Waals surface area (Å²) in [7, 11) is 9.75. The van der Waals surface area contributed by atoms with E-state index in [2.05, 4.69) is 16.7 Å². The maximum atomic E-state index is 14.8. The Hall–Kier alpha value is -5.72. The largest absolute Gasteiger partial charge is 0.467 e. The van der Waals surface area contributed by atoms with Gasteiger partial charge in [-0.15, -0.1) is 0 Å². The molecule has 7 amide bonds. The number of likely N-dealkylation sites (tertiary alicyclic amines) is 1. The highest BCUT2D eigenvalue weighted by Crippen LogP contribution is 2.30. The predicted octanol–water partition coefficient (Wildman–Crippen LogP) is 6.02. The molecular formula is C59H91N7O11. The molecule has 4 rings (SSSR count). The minimum atomic E-state index is -0.869. The van der Waals surface area contributed by atoms with E-state index in [4.69, 9.17) is 14.2 Å². The molecule has 1 aromatic rings. The first-order chi connectivity index (χ1) is 36.6. The van der Waals surface area contributed by atoms with E-state index in [1.54, 1.807) is 42.8 Å². The normalized spacial score (nSPS) is 18.6. The first-order valence-electron chi connectivity index (χ1n) is 27.8. The van der Waals surface area contributed by atoms with Crippen LogP contribution in [0.5, 0.6) is 0 Å². The third kappa shape index (κ3) is 17.6. The second-order valence-electron chi connectivity index (χ2n) is 21.9. The Morgan fingerprint density at radius 2 is 1.51 bits per heavy atom. The van der Waals surface area contributed by atoms with Crippen LogP contribution >= 0.6 is 0 Å². The number of amides is 7. The average molecular weight is 1070 g/mol. The molecule has 1 fully saturated rings. The van der Waals surface area contributed by atoms with Crippen molar-refractivity contribution in [1.82, 2.24) is 30.2 Å². The van der Waals surface area contributed by atoms with Crippen LogP contribution in [-0.4, -0.2) is 171 Å². The number of rotatable bonds is 31. The summed E-state index contributed by atoms with van der Waals surface area (Å²) in [5, 5.41) is 6.03. The number of hydrogen-bond acceptors (Lipinski definition) is 12. The third-order valence-corrected chi connectivity index (χ3v) is 15.9. The quantitative estimate of drug-likeness (QED) is 0.0498. The highest BCUT2D eigenvalue weighted by atomic mass is 16.5. The number of nitrogens with one attached hydrogen (secondary N) is 2. The molecule has 0 bridgehead atoms. The monoisotopic (exact) mass is 1070 g/mol. The first kappa shape index (κ1) is 63.8. The van der Waals surface area contributed by atoms with Gasteiger partial charge in [0.25, 0.3) is 11.8 Å². The van der Waals surface area contributed by atoms with Gasteiger partial charge in [-0.05, 0) is 93.9 Å². The summed E-state index contributed by atoms with van der Waals surface area (Å²) >= 11 is 0. The van der Waals surface area contributed by atoms with E-state index in [-0.39, 0.29) is 65.5 Å². The standard InChI is InChI=1S/C59H91N7O11/c1-14-40(6)54(47(75-11)37-51(70)65-34-21-24-46(65)55(76-12)41(7)56(71)60-45(59(74)77-13)36-43-22-17-15-18-23-43)64(10)58(73)52(38(2)3)61-57(72)53(39(4)5)62(8)35-32-42-26-28-44(29-27-42)63(9)48(67)25-19-16-20-33-66-49(68)30-31-50(66)69/h15,17,22,26-31,38-41,45-47,52-55H,14,16,18-21,23-25,32-37H2,1-13H3,(H,60,71)(H,61,72)/t40-,41+,45-,46-,47+,52-,53-,54-,55+/m0/s1. The zero-order chi connectivity index (χ0) is 57.1. The zero-order valence-corrected chi connectivity index (χ0v) is 48.4. The van der Waals surface area contributed by atoms with Crippen LogP contribution in [-0.2, 0) is 59.0 Å². The van der Waals surface area contributed by atoms with Crippen molar-refractivity contribution in [3.8, 4) is 0 Å². The Balaban J connectivity index is 1.37. The molecule has 1 aliphatic carbocycles. The van der Waals surface area contributed by atoms with Crippen molar-refractivity contribution >= 4 is 53.0 Å². The number of esters is 1. The fourth-order valence-corrected chi connectivity index (χ4v) is 11.0. The lowest BCUT2D eigenvalue weighted by Crippen LogP contribution is -2.60. The number of ether oxygens (including phenoxy) is 3. The van der Waals surface area contributed by atoms with Crippen LogP contribution in [0, 0.1) is 23.7 Å². The van der Waals surface area contributed by atoms with Gasteiger partial charge in [0.15, 0.2) is 0 Å². The molecule has 0 radical (unpaired) electrons. The van der Waals surface area contributed by atoms with Gasteiger partial charge >= 0.3 is 5.97 Å². The number of anilines is 1. The average Bonchev–Trinajstić information content (AvgIpc) is 4.03. The third-order valence-electron chi connectivity index (χ3n) is 15.9. The number of imide groups is 1. The van der Waals surface area contributed by atoms with Crippen molar-refractivity contribution in [3.05, 3.63) is 65.8 Å². The summed E-state index contributed by atoms with van der Waals surface area (Å²) in [6.45, 7) is 14.9. The number of nitrogens with zero attached hydrogens (tertiary/aromatic N) is 5. The lowest BCUT2D eigenvalue weighted by molar-refractivity contribution is -0.149. The highest BCUT2D eigenvalue weighted by Gasteiger charge is 2.44. The van der Waals surface area contributed by atoms with Crippen molar-refractivity contribution in [2.24, 2.45) is 23.7 Å². The Bertz CT molecular complexity index is 2250. The van der Waals surface area contributed by atoms with Crippen LogP contribution in [0.1, 0.15) is 125 Å². The molecule has 2 N–H and O–H groups in total. The van der Waals surface area contributed by atoms with Gasteiger partial charge < -0.3 is 39.5 Å². The fourth-order valence-electron chi connectivity index (χ4n) is 11.0. The molecule has 0 aromatic heterocycles. The van der Waals surface area contributed by atoms with Crippen LogP contribution in [0.3, 0.4) is 0 Å². The lowest BCUT2D eigenvalue weighted by Gasteiger charge is -2.41. The fraction of sp³-hybridized carbons (Fsp3) is 0.661. The maximum absolute atomic E-state index is 14.8. The highest BCUT2D eigenvalue weighted by molar-refractivity contribution is 6.12. The van der Waals surface area contributed by atoms with Crippen molar-refractivity contribution in [3.63, 3.8) is 0 Å². The predicted molar refractivity (Wildman–Crippen MR) is 297 cm³/mol. The number of carbonyl (C=O) groups excluding carboxylic acids is 8. The van der Waals surface area contributed by atoms with Gasteiger partial charge in [-0.3, -0.25) is 43.4 Å². The summed E-state index contributed by atoms with van der Waals surface area (Å²) in [6.07, 6.45) is 14.1. The van der Waals surface area contributed by atoms with Crippen LogP contribution < -0.4 is 15.5 Å². The molecule has 0 spiro atoms. The summed E-state index contributed by atoms with van der Waals surface area (Å²) in [5.74, 6) is -3.43. The molecule has 428 valence electrons. The molecule has 0 saturated carbocycles. The van der Waals surface area contributed by atoms with Crippen LogP contribution in [0.25, 0.3) is 0 Å². The van der Waals surface area contributed by atoms with Gasteiger partial charge in [-0.2, -0.15) is 0 Å². The van der Waals surface area contributed by atoms with Gasteiger partial charge in [0, 0.05) is 72.2 Å². The summed E-state index contributed by atoms with van der Waals surface area (Å²) in [4.78, 5) is 115. The van der Waals surface area contributed by atoms with Gasteiger partial charge in [0.2, 0.25) is 29.5 Å². The zero-order valence-electron chi connectivity index (χ0n) is 48.4. The van der Waals surface area contributed by atoms with E-state index in [0.29, 0.717) is 77.4 Å². The second-order valence-corrected chi connectivity index (χ2v) is 21.9. The smallest absolute Gasteiger partial charge is 0.328 e. The van der Waals surface area contributed by atoms with Gasteiger partial charge in [0.05, 0.1) is 49.8 Å². The minimum Gasteiger partial charge on any atom is -0.467 e. The minimum absolute atomic E-state index is 0.0277. The first-order valence-corrected chi connectivity index (χ1v) is 27.8. The molecule has 18 nitrogen and oxygen atoms in total. The number of methoxy groups -OCH3 is 3. The van der Waals surface area contributed by atoms with Crippen LogP contribution in [0.4, 0.5) is 5.69 Å². The summed E-state index contributed by atoms with van der Waals surface area (Å²) in [6, 6.07) is 4.54. The van der Waals surface area contributed by atoms with Gasteiger partial charge in [-0.1, -0.05) is 97.2 Å². The van der Waals surface area contributed by atoms with E-state index in [0.717, 1.165) is 29.7 Å². The number of allylic oxidation sites excluding steroid dienone is 3. The van der Waals surface area contributed by atoms with E-state index >= 15 is 0 Å². The number of carbonyl (C=O) groups is 8. The summed E-state index contributed by atoms with van der Waals surface area (Å²) in [5.41, 5.74) is 2.84. The van der Waals surface area contributed by atoms with E-state index in [1.165, 1.54) is 31.3 Å². The lowest BCUT2D eigenvalue weighted by atomic mass is 9.89. The van der Waals surface area contributed by atoms with Crippen molar-refractivity contribution in [2.75, 3.05) is 67.0 Å². The Morgan fingerprint density at radius 1 is 0.831 bits per heavy atom. The summed E-state index contributed by atoms with van der Waals surface area (Å²) < 4.78 is 17.2. The molecule has 2 heterocycles. The van der Waals surface area contributed by atoms with E-state index in [9.17, 15) is 38.4 Å². The molecular weight excluding hydrogens is 983 g/mol. The second kappa shape index (κ2) is 31.0. The Kier molecular flexibility index (Phi) is 25.7. The molecule has 77 heavy (non-hydrogen) atoms. The number of benzene rings is 1. The molecule has 18 heteroatoms. The number of likely N-dealkylation sites (N-methyl/N-ethyl adjacent to an activating group) is 2. The van der Waals surface area contributed by atoms with Crippen molar-refractivity contribution in [2.45, 2.75) is 168 Å². The van der Waals surface area contributed by atoms with E-state index < -0.39 is 54.3 Å². The van der Waals surface area contributed by atoms with Crippen molar-refractivity contribution in [1.29, 1.82) is 0 Å². The van der Waals surface area contributed by atoms with Gasteiger partial charge in [0.1, 0.15) is 12.1 Å². The molecule has 1 saturated heterocycles. The molecule has 0 unspecified atom stereocenters. The maximum Gasteiger partial charge on any atom is 0.328 e. The Labute approximate surface area is 458 Å². The topological polar surface area (TPSA) is 205 Å². The van der Waals surface area contributed by atoms with Crippen LogP contribution in [0.2, 0.25) is 0 Å². The number of hydrogen-bond donors (Lipinski definition) is 2. The number of unbranched alkanes of at least 4 members (excludes halogenated alkanes) is 2. The van der Waals surface area contributed by atoms with E-state index in [1.807, 2.05) is 89.9 Å². The Morgan fingerprint density at radius 3 is 2.08 bits per heavy atom. The molecule has 1 aromatic carbocycles. The molecule has 9 atom stereocenters. The van der Waals surface area contributed by atoms with Gasteiger partial charge in [-0.25, -0.2) is 4.79 Å². The molecule has 3 aliphatic rings. The van der Waals surface area contributed by atoms with Crippen molar-refractivity contribution < 1.29 is 52.6 Å². The SMILES string of the molecule is CC[C@H](C)[C@@H]([C@@H](CC(=O)N1CCC[C@H]1[C@H](OC)[C@@H](C)C(=O)N[C@@H](CC1=CC=CCC1)C(=O)OC)OC)N(C)C(=O)[C@@H](NC(=O)[C@H](C(C)C)N(C)CCc1ccc(N(C)C(=O)CCCCCN2C(=O)C=CC2=O)cc1)C(C)C. The molecule has 2 aliphatic heterocycles. The van der Waals surface area contributed by atoms with Crippen LogP contribution in [0.15, 0.2) is 60.2 Å².